The predicted molar refractivity (Wildman–Crippen MR) is 65.3 cm³/mol. The van der Waals surface area contributed by atoms with Crippen molar-refractivity contribution in [2.75, 3.05) is 0 Å². The van der Waals surface area contributed by atoms with Crippen LogP contribution in [-0.2, 0) is 12.0 Å². The van der Waals surface area contributed by atoms with E-state index in [1.807, 2.05) is 0 Å². The Bertz CT molecular complexity index is 381. The summed E-state index contributed by atoms with van der Waals surface area (Å²) in [5.74, 6) is 1.04. The van der Waals surface area contributed by atoms with Crippen LogP contribution >= 0.6 is 0 Å². The van der Waals surface area contributed by atoms with Crippen molar-refractivity contribution in [3.8, 4) is 0 Å². The first-order chi connectivity index (χ1) is 7.49. The van der Waals surface area contributed by atoms with E-state index in [4.69, 9.17) is 0 Å². The molecule has 1 saturated carbocycles. The Kier molecular flexibility index (Phi) is 2.98. The van der Waals surface area contributed by atoms with Crippen molar-refractivity contribution in [1.29, 1.82) is 0 Å². The maximum absolute atomic E-state index is 4.67. The minimum Gasteiger partial charge on any atom is -0.309 e. The summed E-state index contributed by atoms with van der Waals surface area (Å²) < 4.78 is 0. The predicted octanol–water partition coefficient (Wildman–Crippen LogP) is 2.33. The molecule has 1 heterocycles. The number of aryl methyl sites for hydroxylation is 1. The summed E-state index contributed by atoms with van der Waals surface area (Å²) in [4.78, 5) is 9.22. The molecule has 88 valence electrons. The lowest BCUT2D eigenvalue weighted by Crippen LogP contribution is -2.23. The molecule has 1 fully saturated rings. The van der Waals surface area contributed by atoms with Gasteiger partial charge < -0.3 is 5.32 Å². The molecular formula is C13H21N3. The standard InChI is InChI=1S/C13H21N3/c1-9(2)14-8-11-7-10(3)15-12(16-11)13(4)5-6-13/h7,9,14H,5-6,8H2,1-4H3. The van der Waals surface area contributed by atoms with E-state index in [9.17, 15) is 0 Å². The van der Waals surface area contributed by atoms with Gasteiger partial charge in [-0.15, -0.1) is 0 Å². The van der Waals surface area contributed by atoms with Crippen molar-refractivity contribution in [2.24, 2.45) is 0 Å². The Morgan fingerprint density at radius 1 is 1.38 bits per heavy atom. The van der Waals surface area contributed by atoms with E-state index >= 15 is 0 Å². The lowest BCUT2D eigenvalue weighted by Gasteiger charge is -2.12. The Hall–Kier alpha value is -0.960. The fraction of sp³-hybridized carbons (Fsp3) is 0.692. The smallest absolute Gasteiger partial charge is 0.134 e. The summed E-state index contributed by atoms with van der Waals surface area (Å²) in [6.45, 7) is 9.44. The zero-order valence-corrected chi connectivity index (χ0v) is 10.7. The van der Waals surface area contributed by atoms with Crippen LogP contribution in [0.1, 0.15) is 50.8 Å². The molecule has 1 N–H and O–H groups in total. The third-order valence-electron chi connectivity index (χ3n) is 3.14. The lowest BCUT2D eigenvalue weighted by atomic mass is 10.1. The van der Waals surface area contributed by atoms with Crippen molar-refractivity contribution in [2.45, 2.75) is 58.5 Å². The van der Waals surface area contributed by atoms with Gasteiger partial charge in [0.25, 0.3) is 0 Å². The van der Waals surface area contributed by atoms with Gasteiger partial charge in [-0.1, -0.05) is 20.8 Å². The molecule has 1 aliphatic carbocycles. The van der Waals surface area contributed by atoms with E-state index in [2.05, 4.69) is 49.0 Å². The SMILES string of the molecule is Cc1cc(CNC(C)C)nc(C2(C)CC2)n1. The van der Waals surface area contributed by atoms with E-state index in [1.165, 1.54) is 12.8 Å². The van der Waals surface area contributed by atoms with Gasteiger partial charge in [0, 0.05) is 23.7 Å². The van der Waals surface area contributed by atoms with Crippen molar-refractivity contribution in [1.82, 2.24) is 15.3 Å². The van der Waals surface area contributed by atoms with E-state index in [-0.39, 0.29) is 5.41 Å². The van der Waals surface area contributed by atoms with Crippen LogP contribution in [0.2, 0.25) is 0 Å². The zero-order chi connectivity index (χ0) is 11.8. The molecule has 3 nitrogen and oxygen atoms in total. The molecule has 0 bridgehead atoms. The summed E-state index contributed by atoms with van der Waals surface area (Å²) in [6, 6.07) is 2.57. The highest BCUT2D eigenvalue weighted by atomic mass is 15.0. The van der Waals surface area contributed by atoms with Gasteiger partial charge in [0.2, 0.25) is 0 Å². The van der Waals surface area contributed by atoms with Crippen molar-refractivity contribution >= 4 is 0 Å². The molecule has 2 rings (SSSR count). The number of nitrogens with zero attached hydrogens (tertiary/aromatic N) is 2. The van der Waals surface area contributed by atoms with E-state index in [0.717, 1.165) is 23.8 Å². The molecule has 0 atom stereocenters. The second-order valence-corrected chi connectivity index (χ2v) is 5.42. The summed E-state index contributed by atoms with van der Waals surface area (Å²) in [5.41, 5.74) is 2.46. The zero-order valence-electron chi connectivity index (χ0n) is 10.7. The maximum atomic E-state index is 4.67. The van der Waals surface area contributed by atoms with Gasteiger partial charge in [0.15, 0.2) is 0 Å². The molecule has 0 aliphatic heterocycles. The molecule has 0 amide bonds. The summed E-state index contributed by atoms with van der Waals surface area (Å²) in [6.07, 6.45) is 2.46. The van der Waals surface area contributed by atoms with E-state index in [1.54, 1.807) is 0 Å². The highest BCUT2D eigenvalue weighted by molar-refractivity contribution is 5.20. The Labute approximate surface area is 97.7 Å². The monoisotopic (exact) mass is 219 g/mol. The van der Waals surface area contributed by atoms with Gasteiger partial charge in [-0.25, -0.2) is 9.97 Å². The van der Waals surface area contributed by atoms with Crippen molar-refractivity contribution < 1.29 is 0 Å². The molecule has 16 heavy (non-hydrogen) atoms. The molecule has 0 aromatic carbocycles. The molecule has 1 aromatic heterocycles. The van der Waals surface area contributed by atoms with Crippen LogP contribution in [0.25, 0.3) is 0 Å². The van der Waals surface area contributed by atoms with Gasteiger partial charge in [0.05, 0.1) is 5.69 Å². The molecular weight excluding hydrogens is 198 g/mol. The van der Waals surface area contributed by atoms with Gasteiger partial charge in [-0.05, 0) is 25.8 Å². The summed E-state index contributed by atoms with van der Waals surface area (Å²) in [5, 5.41) is 3.40. The minimum atomic E-state index is 0.263. The molecule has 3 heteroatoms. The topological polar surface area (TPSA) is 37.8 Å². The van der Waals surface area contributed by atoms with Crippen LogP contribution in [0.15, 0.2) is 6.07 Å². The van der Waals surface area contributed by atoms with E-state index in [0.29, 0.717) is 6.04 Å². The third-order valence-corrected chi connectivity index (χ3v) is 3.14. The van der Waals surface area contributed by atoms with Gasteiger partial charge in [-0.3, -0.25) is 0 Å². The van der Waals surface area contributed by atoms with Gasteiger partial charge in [0.1, 0.15) is 5.82 Å². The van der Waals surface area contributed by atoms with Gasteiger partial charge in [-0.2, -0.15) is 0 Å². The number of rotatable bonds is 4. The van der Waals surface area contributed by atoms with E-state index < -0.39 is 0 Å². The number of aromatic nitrogens is 2. The van der Waals surface area contributed by atoms with Crippen LogP contribution in [0.4, 0.5) is 0 Å². The molecule has 0 saturated heterocycles. The molecule has 0 radical (unpaired) electrons. The molecule has 0 spiro atoms. The highest BCUT2D eigenvalue weighted by Crippen LogP contribution is 2.45. The fourth-order valence-electron chi connectivity index (χ4n) is 1.71. The van der Waals surface area contributed by atoms with Crippen molar-refractivity contribution in [3.05, 3.63) is 23.3 Å². The summed E-state index contributed by atoms with van der Waals surface area (Å²) >= 11 is 0. The number of hydrogen-bond acceptors (Lipinski definition) is 3. The Morgan fingerprint density at radius 3 is 2.62 bits per heavy atom. The Morgan fingerprint density at radius 2 is 2.06 bits per heavy atom. The van der Waals surface area contributed by atoms with Gasteiger partial charge >= 0.3 is 0 Å². The maximum Gasteiger partial charge on any atom is 0.134 e. The normalized spacial score (nSPS) is 17.8. The Balaban J connectivity index is 2.16. The van der Waals surface area contributed by atoms with Crippen LogP contribution < -0.4 is 5.32 Å². The fourth-order valence-corrected chi connectivity index (χ4v) is 1.71. The largest absolute Gasteiger partial charge is 0.309 e. The first-order valence-corrected chi connectivity index (χ1v) is 6.08. The first-order valence-electron chi connectivity index (χ1n) is 6.08. The lowest BCUT2D eigenvalue weighted by molar-refractivity contribution is 0.574. The quantitative estimate of drug-likeness (QED) is 0.844. The first kappa shape index (κ1) is 11.5. The molecule has 1 aliphatic rings. The average molecular weight is 219 g/mol. The average Bonchev–Trinajstić information content (AvgIpc) is 2.94. The van der Waals surface area contributed by atoms with Crippen LogP contribution in [0.3, 0.4) is 0 Å². The van der Waals surface area contributed by atoms with Crippen LogP contribution in [0, 0.1) is 6.92 Å². The third kappa shape index (κ3) is 2.59. The molecule has 0 unspecified atom stereocenters. The molecule has 1 aromatic rings. The second kappa shape index (κ2) is 4.13. The summed E-state index contributed by atoms with van der Waals surface area (Å²) in [7, 11) is 0. The number of nitrogens with one attached hydrogen (secondary N) is 1. The second-order valence-electron chi connectivity index (χ2n) is 5.42. The van der Waals surface area contributed by atoms with Crippen molar-refractivity contribution in [3.63, 3.8) is 0 Å². The van der Waals surface area contributed by atoms with Crippen LogP contribution in [0.5, 0.6) is 0 Å². The highest BCUT2D eigenvalue weighted by Gasteiger charge is 2.42. The minimum absolute atomic E-state index is 0.263. The number of hydrogen-bond donors (Lipinski definition) is 1. The van der Waals surface area contributed by atoms with Crippen LogP contribution in [-0.4, -0.2) is 16.0 Å².